The summed E-state index contributed by atoms with van der Waals surface area (Å²) in [5.74, 6) is 1.47. The molecule has 1 aromatic heterocycles. The minimum atomic E-state index is -0.362. The lowest BCUT2D eigenvalue weighted by Crippen LogP contribution is -2.37. The van der Waals surface area contributed by atoms with Crippen LogP contribution in [0.15, 0.2) is 6.07 Å². The van der Waals surface area contributed by atoms with Crippen LogP contribution in [0.25, 0.3) is 0 Å². The average Bonchev–Trinajstić information content (AvgIpc) is 2.91. The standard InChI is InChI=1S/C15H25N3/c1-4-15(16,5-2)14-17-11(3)10-13(18-14)12-8-6-7-9-12/h10,12H,4-9,16H2,1-3H3. The Balaban J connectivity index is 2.36. The molecule has 18 heavy (non-hydrogen) atoms. The van der Waals surface area contributed by atoms with Gasteiger partial charge in [0.2, 0.25) is 0 Å². The summed E-state index contributed by atoms with van der Waals surface area (Å²) in [5.41, 5.74) is 8.34. The molecule has 0 aromatic carbocycles. The van der Waals surface area contributed by atoms with Gasteiger partial charge in [0.05, 0.1) is 5.54 Å². The van der Waals surface area contributed by atoms with Gasteiger partial charge in [0, 0.05) is 17.3 Å². The number of hydrogen-bond donors (Lipinski definition) is 1. The van der Waals surface area contributed by atoms with E-state index in [-0.39, 0.29) is 5.54 Å². The molecule has 100 valence electrons. The summed E-state index contributed by atoms with van der Waals surface area (Å²) in [4.78, 5) is 9.38. The predicted octanol–water partition coefficient (Wildman–Crippen LogP) is 3.42. The molecule has 0 amide bonds. The Morgan fingerprint density at radius 3 is 2.39 bits per heavy atom. The van der Waals surface area contributed by atoms with Gasteiger partial charge >= 0.3 is 0 Å². The zero-order valence-electron chi connectivity index (χ0n) is 11.9. The highest BCUT2D eigenvalue weighted by Crippen LogP contribution is 2.34. The van der Waals surface area contributed by atoms with E-state index in [0.29, 0.717) is 5.92 Å². The van der Waals surface area contributed by atoms with E-state index in [1.807, 2.05) is 0 Å². The lowest BCUT2D eigenvalue weighted by molar-refractivity contribution is 0.383. The summed E-state index contributed by atoms with van der Waals surface area (Å²) in [6.07, 6.45) is 6.97. The van der Waals surface area contributed by atoms with Crippen LogP contribution in [0, 0.1) is 6.92 Å². The van der Waals surface area contributed by atoms with Crippen LogP contribution in [-0.4, -0.2) is 9.97 Å². The van der Waals surface area contributed by atoms with Crippen molar-refractivity contribution in [1.29, 1.82) is 0 Å². The van der Waals surface area contributed by atoms with Crippen molar-refractivity contribution in [2.24, 2.45) is 5.73 Å². The number of aryl methyl sites for hydroxylation is 1. The predicted molar refractivity (Wildman–Crippen MR) is 74.4 cm³/mol. The molecule has 1 aromatic rings. The van der Waals surface area contributed by atoms with Crippen LogP contribution in [0.2, 0.25) is 0 Å². The van der Waals surface area contributed by atoms with Gasteiger partial charge in [0.25, 0.3) is 0 Å². The zero-order chi connectivity index (χ0) is 13.2. The molecule has 0 radical (unpaired) electrons. The second kappa shape index (κ2) is 5.35. The monoisotopic (exact) mass is 247 g/mol. The number of nitrogens with zero attached hydrogens (tertiary/aromatic N) is 2. The number of rotatable bonds is 4. The summed E-state index contributed by atoms with van der Waals surface area (Å²) in [5, 5.41) is 0. The van der Waals surface area contributed by atoms with Gasteiger partial charge in [0.1, 0.15) is 5.82 Å². The first-order chi connectivity index (χ1) is 8.59. The lowest BCUT2D eigenvalue weighted by Gasteiger charge is -2.26. The molecule has 0 aliphatic heterocycles. The number of hydrogen-bond acceptors (Lipinski definition) is 3. The minimum absolute atomic E-state index is 0.362. The van der Waals surface area contributed by atoms with Gasteiger partial charge in [-0.25, -0.2) is 9.97 Å². The molecular formula is C15H25N3. The van der Waals surface area contributed by atoms with Crippen molar-refractivity contribution in [3.63, 3.8) is 0 Å². The van der Waals surface area contributed by atoms with Crippen LogP contribution in [0.1, 0.15) is 75.5 Å². The molecule has 3 nitrogen and oxygen atoms in total. The molecule has 0 unspecified atom stereocenters. The third kappa shape index (κ3) is 2.56. The maximum absolute atomic E-state index is 6.43. The topological polar surface area (TPSA) is 51.8 Å². The average molecular weight is 247 g/mol. The summed E-state index contributed by atoms with van der Waals surface area (Å²) in [6, 6.07) is 2.14. The van der Waals surface area contributed by atoms with Crippen molar-refractivity contribution >= 4 is 0 Å². The van der Waals surface area contributed by atoms with E-state index in [1.165, 1.54) is 31.4 Å². The van der Waals surface area contributed by atoms with Gasteiger partial charge in [0.15, 0.2) is 0 Å². The van der Waals surface area contributed by atoms with E-state index in [4.69, 9.17) is 10.7 Å². The van der Waals surface area contributed by atoms with E-state index in [2.05, 4.69) is 31.8 Å². The Morgan fingerprint density at radius 2 is 1.83 bits per heavy atom. The maximum atomic E-state index is 6.43. The summed E-state index contributed by atoms with van der Waals surface area (Å²) in [7, 11) is 0. The molecule has 0 atom stereocenters. The second-order valence-corrected chi connectivity index (χ2v) is 5.60. The maximum Gasteiger partial charge on any atom is 0.148 e. The van der Waals surface area contributed by atoms with Gasteiger partial charge in [-0.05, 0) is 38.7 Å². The first-order valence-electron chi connectivity index (χ1n) is 7.24. The van der Waals surface area contributed by atoms with Crippen molar-refractivity contribution in [3.8, 4) is 0 Å². The fourth-order valence-electron chi connectivity index (χ4n) is 2.81. The Kier molecular flexibility index (Phi) is 4.00. The molecule has 1 aliphatic carbocycles. The normalized spacial score (nSPS) is 17.3. The van der Waals surface area contributed by atoms with E-state index in [9.17, 15) is 0 Å². The third-order valence-corrected chi connectivity index (χ3v) is 4.35. The third-order valence-electron chi connectivity index (χ3n) is 4.35. The molecule has 0 spiro atoms. The highest BCUT2D eigenvalue weighted by molar-refractivity contribution is 5.18. The van der Waals surface area contributed by atoms with E-state index in [1.54, 1.807) is 0 Å². The highest BCUT2D eigenvalue weighted by Gasteiger charge is 2.28. The van der Waals surface area contributed by atoms with E-state index >= 15 is 0 Å². The quantitative estimate of drug-likeness (QED) is 0.887. The molecule has 2 rings (SSSR count). The van der Waals surface area contributed by atoms with E-state index in [0.717, 1.165) is 24.4 Å². The summed E-state index contributed by atoms with van der Waals surface area (Å²) in [6.45, 7) is 6.28. The highest BCUT2D eigenvalue weighted by atomic mass is 15.0. The van der Waals surface area contributed by atoms with Gasteiger partial charge in [-0.15, -0.1) is 0 Å². The second-order valence-electron chi connectivity index (χ2n) is 5.60. The Labute approximate surface area is 110 Å². The smallest absolute Gasteiger partial charge is 0.148 e. The van der Waals surface area contributed by atoms with Crippen molar-refractivity contribution in [2.45, 2.75) is 70.8 Å². The summed E-state index contributed by atoms with van der Waals surface area (Å²) >= 11 is 0. The fraction of sp³-hybridized carbons (Fsp3) is 0.733. The Bertz CT molecular complexity index is 404. The van der Waals surface area contributed by atoms with Crippen LogP contribution in [-0.2, 0) is 5.54 Å². The van der Waals surface area contributed by atoms with Gasteiger partial charge < -0.3 is 5.73 Å². The van der Waals surface area contributed by atoms with Crippen LogP contribution < -0.4 is 5.73 Å². The summed E-state index contributed by atoms with van der Waals surface area (Å²) < 4.78 is 0. The molecule has 2 N–H and O–H groups in total. The Morgan fingerprint density at radius 1 is 1.22 bits per heavy atom. The molecular weight excluding hydrogens is 222 g/mol. The fourth-order valence-corrected chi connectivity index (χ4v) is 2.81. The lowest BCUT2D eigenvalue weighted by atomic mass is 9.92. The zero-order valence-corrected chi connectivity index (χ0v) is 11.9. The van der Waals surface area contributed by atoms with Crippen LogP contribution in [0.4, 0.5) is 0 Å². The van der Waals surface area contributed by atoms with Crippen molar-refractivity contribution in [1.82, 2.24) is 9.97 Å². The van der Waals surface area contributed by atoms with Crippen LogP contribution >= 0.6 is 0 Å². The molecule has 1 heterocycles. The molecule has 1 aliphatic rings. The largest absolute Gasteiger partial charge is 0.319 e. The van der Waals surface area contributed by atoms with Crippen molar-refractivity contribution < 1.29 is 0 Å². The van der Waals surface area contributed by atoms with E-state index < -0.39 is 0 Å². The molecule has 1 fully saturated rings. The van der Waals surface area contributed by atoms with Crippen molar-refractivity contribution in [2.75, 3.05) is 0 Å². The number of nitrogens with two attached hydrogens (primary N) is 1. The first-order valence-corrected chi connectivity index (χ1v) is 7.24. The van der Waals surface area contributed by atoms with Gasteiger partial charge in [-0.1, -0.05) is 26.7 Å². The molecule has 0 bridgehead atoms. The van der Waals surface area contributed by atoms with Gasteiger partial charge in [-0.2, -0.15) is 0 Å². The molecule has 3 heteroatoms. The van der Waals surface area contributed by atoms with Crippen molar-refractivity contribution in [3.05, 3.63) is 23.3 Å². The molecule has 0 saturated heterocycles. The van der Waals surface area contributed by atoms with Gasteiger partial charge in [-0.3, -0.25) is 0 Å². The SMILES string of the molecule is CCC(N)(CC)c1nc(C)cc(C2CCCC2)n1. The minimum Gasteiger partial charge on any atom is -0.319 e. The first kappa shape index (κ1) is 13.5. The van der Waals surface area contributed by atoms with Crippen LogP contribution in [0.5, 0.6) is 0 Å². The number of aromatic nitrogens is 2. The Hall–Kier alpha value is -0.960. The van der Waals surface area contributed by atoms with Crippen LogP contribution in [0.3, 0.4) is 0 Å². The molecule has 1 saturated carbocycles.